The van der Waals surface area contributed by atoms with E-state index in [2.05, 4.69) is 10.5 Å². The van der Waals surface area contributed by atoms with Gasteiger partial charge in [0.2, 0.25) is 5.88 Å². The third-order valence-corrected chi connectivity index (χ3v) is 4.12. The zero-order valence-corrected chi connectivity index (χ0v) is 18.3. The first-order valence-corrected chi connectivity index (χ1v) is 9.64. The van der Waals surface area contributed by atoms with Gasteiger partial charge in [0.25, 0.3) is 5.91 Å². The van der Waals surface area contributed by atoms with Gasteiger partial charge >= 0.3 is 5.97 Å². The van der Waals surface area contributed by atoms with E-state index in [9.17, 15) is 9.59 Å². The average Bonchev–Trinajstić information content (AvgIpc) is 3.14. The molecule has 0 aliphatic heterocycles. The summed E-state index contributed by atoms with van der Waals surface area (Å²) < 4.78 is 20.7. The van der Waals surface area contributed by atoms with Crippen LogP contribution >= 0.6 is 11.6 Å². The molecule has 1 N–H and O–H groups in total. The lowest BCUT2D eigenvalue weighted by molar-refractivity contribution is -0.142. The van der Waals surface area contributed by atoms with Crippen LogP contribution in [0.2, 0.25) is 5.02 Å². The van der Waals surface area contributed by atoms with Crippen molar-refractivity contribution < 1.29 is 28.3 Å². The number of halogens is 1. The van der Waals surface area contributed by atoms with Crippen LogP contribution in [0.3, 0.4) is 0 Å². The molecule has 1 aromatic heterocycles. The number of aromatic nitrogens is 1. The molecule has 2 aromatic rings. The van der Waals surface area contributed by atoms with Crippen LogP contribution in [0.1, 0.15) is 39.0 Å². The molecule has 30 heavy (non-hydrogen) atoms. The highest BCUT2D eigenvalue weighted by Crippen LogP contribution is 2.36. The van der Waals surface area contributed by atoms with E-state index in [0.717, 1.165) is 0 Å². The second kappa shape index (κ2) is 10.2. The average molecular weight is 437 g/mol. The predicted octanol–water partition coefficient (Wildman–Crippen LogP) is 4.23. The molecule has 8 nitrogen and oxygen atoms in total. The Morgan fingerprint density at radius 3 is 2.60 bits per heavy atom. The highest BCUT2D eigenvalue weighted by molar-refractivity contribution is 6.32. The quantitative estimate of drug-likeness (QED) is 0.488. The molecule has 0 fully saturated rings. The van der Waals surface area contributed by atoms with Gasteiger partial charge in [-0.05, 0) is 30.7 Å². The fraction of sp³-hybridized carbons (Fsp3) is 0.381. The molecular weight excluding hydrogens is 412 g/mol. The Hall–Kier alpha value is -3.00. The summed E-state index contributed by atoms with van der Waals surface area (Å²) >= 11 is 6.17. The molecule has 1 aromatic carbocycles. The first-order chi connectivity index (χ1) is 14.1. The molecule has 0 atom stereocenters. The number of carbonyl (C=O) groups excluding carboxylic acids is 2. The second-order valence-electron chi connectivity index (χ2n) is 7.28. The molecule has 0 aliphatic carbocycles. The molecule has 1 amide bonds. The maximum absolute atomic E-state index is 11.9. The van der Waals surface area contributed by atoms with Gasteiger partial charge in [0, 0.05) is 17.6 Å². The molecule has 0 radical (unpaired) electrons. The van der Waals surface area contributed by atoms with Gasteiger partial charge in [-0.2, -0.15) is 0 Å². The van der Waals surface area contributed by atoms with E-state index < -0.39 is 18.5 Å². The van der Waals surface area contributed by atoms with Crippen molar-refractivity contribution in [2.75, 3.05) is 25.6 Å². The summed E-state index contributed by atoms with van der Waals surface area (Å²) in [6.45, 7) is 7.70. The third kappa shape index (κ3) is 6.52. The molecule has 0 spiro atoms. The summed E-state index contributed by atoms with van der Waals surface area (Å²) in [6, 6.07) is 4.93. The SMILES string of the molecule is CCOc1cc(/C=C/C(=O)OCC(=O)Nc2cc(C(C)(C)C)no2)cc(Cl)c1OC. The normalized spacial score (nSPS) is 11.4. The number of rotatable bonds is 8. The predicted molar refractivity (Wildman–Crippen MR) is 113 cm³/mol. The van der Waals surface area contributed by atoms with Gasteiger partial charge in [-0.3, -0.25) is 10.1 Å². The van der Waals surface area contributed by atoms with E-state index in [-0.39, 0.29) is 11.3 Å². The smallest absolute Gasteiger partial charge is 0.331 e. The first-order valence-electron chi connectivity index (χ1n) is 9.26. The van der Waals surface area contributed by atoms with Crippen LogP contribution in [0.25, 0.3) is 6.08 Å². The number of anilines is 1. The molecule has 0 unspecified atom stereocenters. The Morgan fingerprint density at radius 2 is 2.00 bits per heavy atom. The Labute approximate surface area is 180 Å². The monoisotopic (exact) mass is 436 g/mol. The first kappa shape index (κ1) is 23.3. The summed E-state index contributed by atoms with van der Waals surface area (Å²) in [5, 5.41) is 6.73. The Morgan fingerprint density at radius 1 is 1.27 bits per heavy atom. The lowest BCUT2D eigenvalue weighted by Gasteiger charge is -2.12. The summed E-state index contributed by atoms with van der Waals surface area (Å²) in [5.41, 5.74) is 1.10. The molecule has 1 heterocycles. The number of amides is 1. The molecule has 9 heteroatoms. The molecule has 0 saturated carbocycles. The van der Waals surface area contributed by atoms with Crippen molar-refractivity contribution in [1.82, 2.24) is 5.16 Å². The van der Waals surface area contributed by atoms with Crippen LogP contribution < -0.4 is 14.8 Å². The Bertz CT molecular complexity index is 930. The van der Waals surface area contributed by atoms with Crippen LogP contribution in [0.4, 0.5) is 5.88 Å². The number of carbonyl (C=O) groups is 2. The second-order valence-corrected chi connectivity index (χ2v) is 7.69. The van der Waals surface area contributed by atoms with E-state index in [1.165, 1.54) is 19.3 Å². The fourth-order valence-corrected chi connectivity index (χ4v) is 2.65. The molecule has 162 valence electrons. The molecule has 0 saturated heterocycles. The number of benzene rings is 1. The van der Waals surface area contributed by atoms with Gasteiger partial charge < -0.3 is 18.7 Å². The minimum atomic E-state index is -0.692. The zero-order valence-electron chi connectivity index (χ0n) is 17.6. The van der Waals surface area contributed by atoms with E-state index in [4.69, 9.17) is 30.3 Å². The number of nitrogens with zero attached hydrogens (tertiary/aromatic N) is 1. The molecular formula is C21H25ClN2O6. The largest absolute Gasteiger partial charge is 0.491 e. The minimum absolute atomic E-state index is 0.188. The van der Waals surface area contributed by atoms with Crippen molar-refractivity contribution >= 4 is 35.4 Å². The lowest BCUT2D eigenvalue weighted by atomic mass is 9.92. The summed E-state index contributed by atoms with van der Waals surface area (Å²) in [5.74, 6) is -0.172. The van der Waals surface area contributed by atoms with E-state index in [1.807, 2.05) is 27.7 Å². The highest BCUT2D eigenvalue weighted by atomic mass is 35.5. The van der Waals surface area contributed by atoms with Gasteiger partial charge in [-0.15, -0.1) is 0 Å². The van der Waals surface area contributed by atoms with E-state index in [1.54, 1.807) is 18.2 Å². The third-order valence-electron chi connectivity index (χ3n) is 3.83. The Balaban J connectivity index is 1.92. The molecule has 2 rings (SSSR count). The number of methoxy groups -OCH3 is 1. The van der Waals surface area contributed by atoms with Crippen LogP contribution in [-0.2, 0) is 19.7 Å². The molecule has 0 bridgehead atoms. The van der Waals surface area contributed by atoms with Gasteiger partial charge in [-0.25, -0.2) is 4.79 Å². The zero-order chi connectivity index (χ0) is 22.3. The van der Waals surface area contributed by atoms with Gasteiger partial charge in [0.1, 0.15) is 0 Å². The summed E-state index contributed by atoms with van der Waals surface area (Å²) in [7, 11) is 1.49. The van der Waals surface area contributed by atoms with Gasteiger partial charge in [0.05, 0.1) is 24.4 Å². The standard InChI is InChI=1S/C21H25ClN2O6/c1-6-28-15-10-13(9-14(22)20(15)27-5)7-8-19(26)29-12-17(25)23-18-11-16(24-30-18)21(2,3)4/h7-11H,6,12H2,1-5H3,(H,23,25)/b8-7+. The van der Waals surface area contributed by atoms with Crippen molar-refractivity contribution in [3.63, 3.8) is 0 Å². The van der Waals surface area contributed by atoms with Crippen LogP contribution in [0, 0.1) is 0 Å². The van der Waals surface area contributed by atoms with Crippen molar-refractivity contribution in [3.8, 4) is 11.5 Å². The number of esters is 1. The van der Waals surface area contributed by atoms with E-state index in [0.29, 0.717) is 34.4 Å². The molecule has 0 aliphatic rings. The Kier molecular flexibility index (Phi) is 7.88. The van der Waals surface area contributed by atoms with Crippen LogP contribution in [-0.4, -0.2) is 37.4 Å². The minimum Gasteiger partial charge on any atom is -0.491 e. The fourth-order valence-electron chi connectivity index (χ4n) is 2.36. The number of hydrogen-bond acceptors (Lipinski definition) is 7. The number of nitrogens with one attached hydrogen (secondary N) is 1. The topological polar surface area (TPSA) is 99.9 Å². The maximum atomic E-state index is 11.9. The van der Waals surface area contributed by atoms with Gasteiger partial charge in [-0.1, -0.05) is 37.5 Å². The number of ether oxygens (including phenoxy) is 3. The van der Waals surface area contributed by atoms with E-state index >= 15 is 0 Å². The van der Waals surface area contributed by atoms with Crippen LogP contribution in [0.15, 0.2) is 28.8 Å². The summed E-state index contributed by atoms with van der Waals surface area (Å²) in [4.78, 5) is 23.8. The number of hydrogen-bond donors (Lipinski definition) is 1. The van der Waals surface area contributed by atoms with Crippen LogP contribution in [0.5, 0.6) is 11.5 Å². The van der Waals surface area contributed by atoms with Crippen molar-refractivity contribution in [2.45, 2.75) is 33.1 Å². The van der Waals surface area contributed by atoms with Crippen molar-refractivity contribution in [1.29, 1.82) is 0 Å². The maximum Gasteiger partial charge on any atom is 0.331 e. The van der Waals surface area contributed by atoms with Crippen molar-refractivity contribution in [3.05, 3.63) is 40.6 Å². The van der Waals surface area contributed by atoms with Crippen molar-refractivity contribution in [2.24, 2.45) is 0 Å². The summed E-state index contributed by atoms with van der Waals surface area (Å²) in [6.07, 6.45) is 2.69. The van der Waals surface area contributed by atoms with Gasteiger partial charge in [0.15, 0.2) is 18.1 Å². The highest BCUT2D eigenvalue weighted by Gasteiger charge is 2.20. The lowest BCUT2D eigenvalue weighted by Crippen LogP contribution is -2.19.